The topological polar surface area (TPSA) is 47.6 Å². The van der Waals surface area contributed by atoms with Gasteiger partial charge in [0.25, 0.3) is 5.91 Å². The molecule has 2 aromatic carbocycles. The van der Waals surface area contributed by atoms with Crippen LogP contribution in [0.2, 0.25) is 0 Å². The molecule has 0 bridgehead atoms. The monoisotopic (exact) mass is 317 g/mol. The van der Waals surface area contributed by atoms with Crippen molar-refractivity contribution in [2.45, 2.75) is 20.8 Å². The second-order valence-corrected chi connectivity index (χ2v) is 4.94. The molecule has 122 valence electrons. The fourth-order valence-electron chi connectivity index (χ4n) is 2.12. The van der Waals surface area contributed by atoms with Crippen LogP contribution in [-0.4, -0.2) is 19.1 Å². The number of amides is 1. The average molecular weight is 317 g/mol. The summed E-state index contributed by atoms with van der Waals surface area (Å²) in [5, 5.41) is 2.71. The Morgan fingerprint density at radius 1 is 1.04 bits per heavy atom. The van der Waals surface area contributed by atoms with Gasteiger partial charge in [-0.2, -0.15) is 0 Å². The predicted molar refractivity (Wildman–Crippen MR) is 87.9 cm³/mol. The molecular formula is C18H20FNO3. The highest BCUT2D eigenvalue weighted by Gasteiger charge is 2.13. The summed E-state index contributed by atoms with van der Waals surface area (Å²) in [6, 6.07) is 9.24. The largest absolute Gasteiger partial charge is 0.490 e. The first kappa shape index (κ1) is 16.8. The van der Waals surface area contributed by atoms with Gasteiger partial charge in [0.15, 0.2) is 11.5 Å². The van der Waals surface area contributed by atoms with Crippen molar-refractivity contribution in [3.63, 3.8) is 0 Å². The summed E-state index contributed by atoms with van der Waals surface area (Å²) in [6.07, 6.45) is 0. The van der Waals surface area contributed by atoms with E-state index in [9.17, 15) is 9.18 Å². The van der Waals surface area contributed by atoms with Gasteiger partial charge in [-0.15, -0.1) is 0 Å². The Balaban J connectivity index is 2.25. The van der Waals surface area contributed by atoms with Crippen LogP contribution in [-0.2, 0) is 0 Å². The summed E-state index contributed by atoms with van der Waals surface area (Å²) < 4.78 is 24.3. The van der Waals surface area contributed by atoms with Crippen molar-refractivity contribution in [2.24, 2.45) is 0 Å². The molecule has 0 atom stereocenters. The SMILES string of the molecule is CCOc1ccc(C(=O)Nc2cc(F)ccc2C)cc1OCC. The second-order valence-electron chi connectivity index (χ2n) is 4.94. The maximum atomic E-state index is 13.3. The zero-order valence-corrected chi connectivity index (χ0v) is 13.5. The molecule has 1 amide bonds. The van der Waals surface area contributed by atoms with E-state index in [0.717, 1.165) is 5.56 Å². The quantitative estimate of drug-likeness (QED) is 0.869. The molecule has 0 saturated heterocycles. The number of aryl methyl sites for hydroxylation is 1. The lowest BCUT2D eigenvalue weighted by molar-refractivity contribution is 0.102. The van der Waals surface area contributed by atoms with Crippen molar-refractivity contribution in [3.8, 4) is 11.5 Å². The number of carbonyl (C=O) groups excluding carboxylic acids is 1. The van der Waals surface area contributed by atoms with Crippen molar-refractivity contribution in [1.29, 1.82) is 0 Å². The third kappa shape index (κ3) is 4.22. The fourth-order valence-corrected chi connectivity index (χ4v) is 2.12. The first-order valence-electron chi connectivity index (χ1n) is 7.52. The molecule has 5 heteroatoms. The number of benzene rings is 2. The molecule has 4 nitrogen and oxygen atoms in total. The number of halogens is 1. The maximum absolute atomic E-state index is 13.3. The van der Waals surface area contributed by atoms with Gasteiger partial charge in [-0.25, -0.2) is 4.39 Å². The van der Waals surface area contributed by atoms with Crippen LogP contribution in [0.15, 0.2) is 36.4 Å². The van der Waals surface area contributed by atoms with Crippen LogP contribution in [0.5, 0.6) is 11.5 Å². The minimum absolute atomic E-state index is 0.331. The van der Waals surface area contributed by atoms with Crippen LogP contribution < -0.4 is 14.8 Å². The van der Waals surface area contributed by atoms with Crippen LogP contribution >= 0.6 is 0 Å². The minimum Gasteiger partial charge on any atom is -0.490 e. The van der Waals surface area contributed by atoms with E-state index >= 15 is 0 Å². The Kier molecular flexibility index (Phi) is 5.57. The van der Waals surface area contributed by atoms with E-state index in [1.807, 2.05) is 13.8 Å². The molecule has 0 radical (unpaired) electrons. The maximum Gasteiger partial charge on any atom is 0.255 e. The Hall–Kier alpha value is -2.56. The average Bonchev–Trinajstić information content (AvgIpc) is 2.53. The lowest BCUT2D eigenvalue weighted by atomic mass is 10.1. The first-order chi connectivity index (χ1) is 11.0. The van der Waals surface area contributed by atoms with Crippen LogP contribution in [0.3, 0.4) is 0 Å². The number of ether oxygens (including phenoxy) is 2. The van der Waals surface area contributed by atoms with Crippen molar-refractivity contribution in [1.82, 2.24) is 0 Å². The molecule has 0 aliphatic rings. The molecule has 0 spiro atoms. The molecule has 2 rings (SSSR count). The zero-order valence-electron chi connectivity index (χ0n) is 13.5. The summed E-state index contributed by atoms with van der Waals surface area (Å²) in [7, 11) is 0. The molecule has 0 heterocycles. The van der Waals surface area contributed by atoms with E-state index in [2.05, 4.69) is 5.32 Å². The normalized spacial score (nSPS) is 10.3. The van der Waals surface area contributed by atoms with Gasteiger partial charge in [-0.3, -0.25) is 4.79 Å². The highest BCUT2D eigenvalue weighted by Crippen LogP contribution is 2.29. The van der Waals surface area contributed by atoms with Crippen molar-refractivity contribution in [3.05, 3.63) is 53.3 Å². The van der Waals surface area contributed by atoms with Crippen LogP contribution in [0.4, 0.5) is 10.1 Å². The van der Waals surface area contributed by atoms with Gasteiger partial charge in [0.1, 0.15) is 5.82 Å². The molecule has 0 aliphatic carbocycles. The third-order valence-corrected chi connectivity index (χ3v) is 3.25. The summed E-state index contributed by atoms with van der Waals surface area (Å²) in [4.78, 5) is 12.4. The second kappa shape index (κ2) is 7.63. The van der Waals surface area contributed by atoms with Crippen LogP contribution in [0.1, 0.15) is 29.8 Å². The van der Waals surface area contributed by atoms with Gasteiger partial charge in [-0.1, -0.05) is 6.07 Å². The van der Waals surface area contributed by atoms with E-state index < -0.39 is 5.82 Å². The van der Waals surface area contributed by atoms with Crippen molar-refractivity contribution >= 4 is 11.6 Å². The number of anilines is 1. The molecule has 2 aromatic rings. The van der Waals surface area contributed by atoms with Gasteiger partial charge in [-0.05, 0) is 56.7 Å². The fraction of sp³-hybridized carbons (Fsp3) is 0.278. The van der Waals surface area contributed by atoms with Gasteiger partial charge in [0.2, 0.25) is 0 Å². The van der Waals surface area contributed by atoms with Crippen LogP contribution in [0, 0.1) is 12.7 Å². The summed E-state index contributed by atoms with van der Waals surface area (Å²) in [5.41, 5.74) is 1.65. The highest BCUT2D eigenvalue weighted by molar-refractivity contribution is 6.05. The number of hydrogen-bond acceptors (Lipinski definition) is 3. The van der Waals surface area contributed by atoms with Crippen LogP contribution in [0.25, 0.3) is 0 Å². The number of rotatable bonds is 6. The van der Waals surface area contributed by atoms with Gasteiger partial charge in [0.05, 0.1) is 13.2 Å². The standard InChI is InChI=1S/C18H20FNO3/c1-4-22-16-9-7-13(10-17(16)23-5-2)18(21)20-15-11-14(19)8-6-12(15)3/h6-11H,4-5H2,1-3H3,(H,20,21). The smallest absolute Gasteiger partial charge is 0.255 e. The molecule has 0 fully saturated rings. The lowest BCUT2D eigenvalue weighted by Crippen LogP contribution is -2.13. The van der Waals surface area contributed by atoms with E-state index in [-0.39, 0.29) is 5.91 Å². The summed E-state index contributed by atoms with van der Waals surface area (Å²) >= 11 is 0. The zero-order chi connectivity index (χ0) is 16.8. The highest BCUT2D eigenvalue weighted by atomic mass is 19.1. The summed E-state index contributed by atoms with van der Waals surface area (Å²) in [5.74, 6) is 0.376. The molecule has 0 saturated carbocycles. The van der Waals surface area contributed by atoms with E-state index in [1.54, 1.807) is 31.2 Å². The molecule has 0 aliphatic heterocycles. The first-order valence-corrected chi connectivity index (χ1v) is 7.52. The van der Waals surface area contributed by atoms with Crippen molar-refractivity contribution in [2.75, 3.05) is 18.5 Å². The van der Waals surface area contributed by atoms with Crippen molar-refractivity contribution < 1.29 is 18.7 Å². The van der Waals surface area contributed by atoms with E-state index in [4.69, 9.17) is 9.47 Å². The van der Waals surface area contributed by atoms with E-state index in [0.29, 0.717) is 36.0 Å². The van der Waals surface area contributed by atoms with Gasteiger partial charge < -0.3 is 14.8 Å². The minimum atomic E-state index is -0.396. The molecule has 0 unspecified atom stereocenters. The predicted octanol–water partition coefficient (Wildman–Crippen LogP) is 4.18. The molecule has 0 aromatic heterocycles. The number of carbonyl (C=O) groups is 1. The Bertz CT molecular complexity index is 701. The van der Waals surface area contributed by atoms with Gasteiger partial charge >= 0.3 is 0 Å². The Morgan fingerprint density at radius 2 is 1.74 bits per heavy atom. The molecule has 23 heavy (non-hydrogen) atoms. The Labute approximate surface area is 135 Å². The van der Waals surface area contributed by atoms with Gasteiger partial charge in [0, 0.05) is 11.3 Å². The molecule has 1 N–H and O–H groups in total. The number of hydrogen-bond donors (Lipinski definition) is 1. The summed E-state index contributed by atoms with van der Waals surface area (Å²) in [6.45, 7) is 6.52. The third-order valence-electron chi connectivity index (χ3n) is 3.25. The molecular weight excluding hydrogens is 297 g/mol. The Morgan fingerprint density at radius 3 is 2.43 bits per heavy atom. The lowest BCUT2D eigenvalue weighted by Gasteiger charge is -2.13. The number of nitrogens with one attached hydrogen (secondary N) is 1. The van der Waals surface area contributed by atoms with E-state index in [1.165, 1.54) is 12.1 Å².